The molecular weight excluding hydrogens is 280 g/mol. The highest BCUT2D eigenvalue weighted by atomic mass is 35.5. The van der Waals surface area contributed by atoms with Gasteiger partial charge in [-0.15, -0.1) is 0 Å². The number of anilines is 2. The Kier molecular flexibility index (Phi) is 6.10. The van der Waals surface area contributed by atoms with E-state index in [1.54, 1.807) is 19.1 Å². The highest BCUT2D eigenvalue weighted by molar-refractivity contribution is 6.34. The Hall–Kier alpha value is -1.46. The van der Waals surface area contributed by atoms with Crippen LogP contribution in [0.1, 0.15) is 31.1 Å². The highest BCUT2D eigenvalue weighted by Gasteiger charge is 2.23. The van der Waals surface area contributed by atoms with Crippen molar-refractivity contribution < 1.29 is 14.6 Å². The first-order valence-corrected chi connectivity index (χ1v) is 6.93. The molecule has 0 atom stereocenters. The predicted octanol–water partition coefficient (Wildman–Crippen LogP) is 2.31. The summed E-state index contributed by atoms with van der Waals surface area (Å²) in [5, 5.41) is 9.57. The summed E-state index contributed by atoms with van der Waals surface area (Å²) in [4.78, 5) is 13.9. The van der Waals surface area contributed by atoms with Gasteiger partial charge in [0.15, 0.2) is 0 Å². The quantitative estimate of drug-likeness (QED) is 0.623. The fourth-order valence-electron chi connectivity index (χ4n) is 2.01. The van der Waals surface area contributed by atoms with E-state index in [0.29, 0.717) is 28.5 Å². The minimum Gasteiger partial charge on any atom is -0.462 e. The lowest BCUT2D eigenvalue weighted by atomic mass is 10.1. The van der Waals surface area contributed by atoms with Crippen molar-refractivity contribution in [2.45, 2.75) is 26.8 Å². The Morgan fingerprint density at radius 3 is 2.65 bits per heavy atom. The molecule has 5 nitrogen and oxygen atoms in total. The van der Waals surface area contributed by atoms with Crippen LogP contribution in [0.3, 0.4) is 0 Å². The summed E-state index contributed by atoms with van der Waals surface area (Å²) < 4.78 is 5.04. The van der Waals surface area contributed by atoms with Gasteiger partial charge in [-0.05, 0) is 32.9 Å². The van der Waals surface area contributed by atoms with Crippen LogP contribution in [0.5, 0.6) is 0 Å². The van der Waals surface area contributed by atoms with Crippen molar-refractivity contribution in [3.05, 3.63) is 22.7 Å². The van der Waals surface area contributed by atoms with Gasteiger partial charge in [-0.1, -0.05) is 11.6 Å². The van der Waals surface area contributed by atoms with Crippen LogP contribution in [0.25, 0.3) is 0 Å². The smallest absolute Gasteiger partial charge is 0.340 e. The van der Waals surface area contributed by atoms with Gasteiger partial charge in [0.25, 0.3) is 0 Å². The summed E-state index contributed by atoms with van der Waals surface area (Å²) in [5.74, 6) is -0.472. The maximum atomic E-state index is 12.1. The second kappa shape index (κ2) is 7.36. The maximum absolute atomic E-state index is 12.1. The standard InChI is InChI=1S/C14H21ClN2O3/c1-4-20-14(19)11-7-10(16)8-12(15)13(11)17(5-6-18)9(2)3/h7-9,18H,4-6,16H2,1-3H3. The van der Waals surface area contributed by atoms with E-state index >= 15 is 0 Å². The number of nitrogen functional groups attached to an aromatic ring is 1. The molecule has 6 heteroatoms. The molecule has 0 aliphatic heterocycles. The number of ether oxygens (including phenoxy) is 1. The van der Waals surface area contributed by atoms with Crippen molar-refractivity contribution >= 4 is 28.9 Å². The number of aliphatic hydroxyl groups excluding tert-OH is 1. The molecule has 0 heterocycles. The van der Waals surface area contributed by atoms with E-state index in [4.69, 9.17) is 22.1 Å². The molecule has 1 aromatic rings. The third-order valence-corrected chi connectivity index (χ3v) is 3.12. The Labute approximate surface area is 124 Å². The zero-order valence-corrected chi connectivity index (χ0v) is 12.8. The number of carbonyl (C=O) groups excluding carboxylic acids is 1. The molecule has 0 aromatic heterocycles. The number of hydrogen-bond donors (Lipinski definition) is 2. The van der Waals surface area contributed by atoms with Crippen LogP contribution in [-0.2, 0) is 4.74 Å². The van der Waals surface area contributed by atoms with E-state index in [1.165, 1.54) is 0 Å². The normalized spacial score (nSPS) is 10.7. The van der Waals surface area contributed by atoms with E-state index < -0.39 is 5.97 Å². The van der Waals surface area contributed by atoms with Crippen molar-refractivity contribution in [2.75, 3.05) is 30.4 Å². The Morgan fingerprint density at radius 1 is 1.50 bits per heavy atom. The van der Waals surface area contributed by atoms with Gasteiger partial charge in [0.05, 0.1) is 29.5 Å². The third-order valence-electron chi connectivity index (χ3n) is 2.83. The number of nitrogens with two attached hydrogens (primary N) is 1. The molecule has 0 bridgehead atoms. The summed E-state index contributed by atoms with van der Waals surface area (Å²) in [6.07, 6.45) is 0. The van der Waals surface area contributed by atoms with E-state index in [1.807, 2.05) is 18.7 Å². The van der Waals surface area contributed by atoms with Crippen molar-refractivity contribution in [2.24, 2.45) is 0 Å². The third kappa shape index (κ3) is 3.77. The lowest BCUT2D eigenvalue weighted by Gasteiger charge is -2.30. The van der Waals surface area contributed by atoms with Crippen molar-refractivity contribution in [3.63, 3.8) is 0 Å². The number of hydrogen-bond acceptors (Lipinski definition) is 5. The van der Waals surface area contributed by atoms with Crippen LogP contribution in [0.2, 0.25) is 5.02 Å². The lowest BCUT2D eigenvalue weighted by molar-refractivity contribution is 0.0527. The van der Waals surface area contributed by atoms with Gasteiger partial charge in [0, 0.05) is 18.3 Å². The SMILES string of the molecule is CCOC(=O)c1cc(N)cc(Cl)c1N(CCO)C(C)C. The molecule has 0 radical (unpaired) electrons. The molecule has 20 heavy (non-hydrogen) atoms. The summed E-state index contributed by atoms with van der Waals surface area (Å²) in [7, 11) is 0. The molecule has 0 saturated heterocycles. The molecular formula is C14H21ClN2O3. The van der Waals surface area contributed by atoms with Crippen LogP contribution < -0.4 is 10.6 Å². The average Bonchev–Trinajstić information content (AvgIpc) is 2.36. The molecule has 0 fully saturated rings. The fraction of sp³-hybridized carbons (Fsp3) is 0.500. The number of aliphatic hydroxyl groups is 1. The van der Waals surface area contributed by atoms with Crippen LogP contribution in [0.4, 0.5) is 11.4 Å². The van der Waals surface area contributed by atoms with Gasteiger partial charge in [0.2, 0.25) is 0 Å². The second-order valence-corrected chi connectivity index (χ2v) is 5.04. The van der Waals surface area contributed by atoms with E-state index in [0.717, 1.165) is 0 Å². The van der Waals surface area contributed by atoms with E-state index in [-0.39, 0.29) is 19.3 Å². The highest BCUT2D eigenvalue weighted by Crippen LogP contribution is 2.34. The van der Waals surface area contributed by atoms with Gasteiger partial charge in [-0.3, -0.25) is 0 Å². The molecule has 0 aliphatic carbocycles. The van der Waals surface area contributed by atoms with Gasteiger partial charge in [0.1, 0.15) is 0 Å². The van der Waals surface area contributed by atoms with Gasteiger partial charge in [-0.2, -0.15) is 0 Å². The number of esters is 1. The minimum atomic E-state index is -0.472. The molecule has 112 valence electrons. The molecule has 3 N–H and O–H groups in total. The Morgan fingerprint density at radius 2 is 2.15 bits per heavy atom. The van der Waals surface area contributed by atoms with Gasteiger partial charge >= 0.3 is 5.97 Å². The number of carbonyl (C=O) groups is 1. The first kappa shape index (κ1) is 16.6. The van der Waals surface area contributed by atoms with E-state index in [2.05, 4.69) is 0 Å². The molecule has 0 unspecified atom stereocenters. The van der Waals surface area contributed by atoms with E-state index in [9.17, 15) is 9.90 Å². The fourth-order valence-corrected chi connectivity index (χ4v) is 2.35. The molecule has 0 aliphatic rings. The molecule has 0 amide bonds. The topological polar surface area (TPSA) is 75.8 Å². The van der Waals surface area contributed by atoms with Gasteiger partial charge < -0.3 is 20.5 Å². The van der Waals surface area contributed by atoms with Gasteiger partial charge in [-0.25, -0.2) is 4.79 Å². The first-order chi connectivity index (χ1) is 9.42. The van der Waals surface area contributed by atoms with Crippen molar-refractivity contribution in [1.29, 1.82) is 0 Å². The average molecular weight is 301 g/mol. The number of halogens is 1. The minimum absolute atomic E-state index is 0.0405. The van der Waals surface area contributed by atoms with Crippen LogP contribution in [-0.4, -0.2) is 36.9 Å². The number of nitrogens with zero attached hydrogens (tertiary/aromatic N) is 1. The molecule has 1 rings (SSSR count). The number of benzene rings is 1. The Balaban J connectivity index is 3.37. The largest absolute Gasteiger partial charge is 0.462 e. The van der Waals surface area contributed by atoms with Crippen LogP contribution >= 0.6 is 11.6 Å². The summed E-state index contributed by atoms with van der Waals surface area (Å²) >= 11 is 6.24. The Bertz CT molecular complexity index is 478. The van der Waals surface area contributed by atoms with Crippen molar-refractivity contribution in [1.82, 2.24) is 0 Å². The zero-order chi connectivity index (χ0) is 15.3. The number of rotatable bonds is 6. The molecule has 1 aromatic carbocycles. The maximum Gasteiger partial charge on any atom is 0.340 e. The first-order valence-electron chi connectivity index (χ1n) is 6.56. The van der Waals surface area contributed by atoms with Crippen molar-refractivity contribution in [3.8, 4) is 0 Å². The molecule has 0 saturated carbocycles. The van der Waals surface area contributed by atoms with Crippen LogP contribution in [0.15, 0.2) is 12.1 Å². The zero-order valence-electron chi connectivity index (χ0n) is 12.0. The monoisotopic (exact) mass is 300 g/mol. The summed E-state index contributed by atoms with van der Waals surface area (Å²) in [5.41, 5.74) is 7.01. The lowest BCUT2D eigenvalue weighted by Crippen LogP contribution is -2.35. The predicted molar refractivity (Wildman–Crippen MR) is 81.4 cm³/mol. The van der Waals surface area contributed by atoms with Crippen LogP contribution in [0, 0.1) is 0 Å². The molecule has 0 spiro atoms. The summed E-state index contributed by atoms with van der Waals surface area (Å²) in [6.45, 7) is 6.25. The summed E-state index contributed by atoms with van der Waals surface area (Å²) in [6, 6.07) is 3.20. The second-order valence-electron chi connectivity index (χ2n) is 4.63.